The lowest BCUT2D eigenvalue weighted by atomic mass is 9.94. The van der Waals surface area contributed by atoms with Crippen molar-refractivity contribution in [3.05, 3.63) is 71.5 Å². The number of aromatic nitrogens is 2. The summed E-state index contributed by atoms with van der Waals surface area (Å²) in [4.78, 5) is 15.1. The van der Waals surface area contributed by atoms with Gasteiger partial charge in [-0.05, 0) is 43.4 Å². The summed E-state index contributed by atoms with van der Waals surface area (Å²) in [6, 6.07) is 19.8. The molecule has 2 bridgehead atoms. The normalized spacial score (nSPS) is 23.2. The van der Waals surface area contributed by atoms with E-state index in [1.165, 1.54) is 31.5 Å². The third-order valence-electron chi connectivity index (χ3n) is 6.35. The maximum atomic E-state index is 4.94. The maximum absolute atomic E-state index is 4.94. The van der Waals surface area contributed by atoms with Gasteiger partial charge in [-0.2, -0.15) is 0 Å². The van der Waals surface area contributed by atoms with Crippen molar-refractivity contribution in [2.45, 2.75) is 38.9 Å². The van der Waals surface area contributed by atoms with Gasteiger partial charge in [-0.25, -0.2) is 9.97 Å². The van der Waals surface area contributed by atoms with Gasteiger partial charge in [0.25, 0.3) is 0 Å². The van der Waals surface area contributed by atoms with Crippen LogP contribution in [0.3, 0.4) is 0 Å². The highest BCUT2D eigenvalue weighted by Crippen LogP contribution is 2.30. The Balaban J connectivity index is 1.33. The second-order valence-corrected chi connectivity index (χ2v) is 8.45. The largest absolute Gasteiger partial charge is 0.296 e. The number of aryl methyl sites for hydroxylation is 1. The fraction of sp³-hybridized carbons (Fsp3) is 0.417. The number of hydrogen-bond donors (Lipinski definition) is 0. The molecule has 3 aromatic rings. The topological polar surface area (TPSA) is 32.3 Å². The van der Waals surface area contributed by atoms with Crippen molar-refractivity contribution in [3.8, 4) is 0 Å². The third kappa shape index (κ3) is 3.67. The summed E-state index contributed by atoms with van der Waals surface area (Å²) < 4.78 is 0. The Hall–Kier alpha value is -2.30. The fourth-order valence-electron chi connectivity index (χ4n) is 4.90. The molecular weight excluding hydrogens is 344 g/mol. The van der Waals surface area contributed by atoms with Gasteiger partial charge in [0.1, 0.15) is 0 Å². The van der Waals surface area contributed by atoms with Gasteiger partial charge >= 0.3 is 0 Å². The van der Waals surface area contributed by atoms with E-state index in [0.29, 0.717) is 6.04 Å². The van der Waals surface area contributed by atoms with E-state index in [-0.39, 0.29) is 0 Å². The van der Waals surface area contributed by atoms with Crippen LogP contribution >= 0.6 is 0 Å². The molecule has 2 aromatic carbocycles. The molecule has 4 heterocycles. The molecule has 3 aliphatic rings. The van der Waals surface area contributed by atoms with E-state index in [0.717, 1.165) is 48.0 Å². The molecule has 28 heavy (non-hydrogen) atoms. The molecule has 1 aromatic heterocycles. The molecule has 2 atom stereocenters. The van der Waals surface area contributed by atoms with Crippen molar-refractivity contribution in [2.24, 2.45) is 5.92 Å². The summed E-state index contributed by atoms with van der Waals surface area (Å²) in [5.41, 5.74) is 5.63. The van der Waals surface area contributed by atoms with Crippen LogP contribution in [0, 0.1) is 12.8 Å². The van der Waals surface area contributed by atoms with E-state index < -0.39 is 0 Å². The summed E-state index contributed by atoms with van der Waals surface area (Å²) in [5.74, 6) is 0.760. The molecule has 6 rings (SSSR count). The van der Waals surface area contributed by atoms with Crippen molar-refractivity contribution in [1.82, 2.24) is 19.8 Å². The molecule has 0 saturated carbocycles. The monoisotopic (exact) mass is 372 g/mol. The van der Waals surface area contributed by atoms with E-state index in [4.69, 9.17) is 9.97 Å². The Labute approximate surface area is 167 Å². The van der Waals surface area contributed by atoms with Crippen LogP contribution in [0.15, 0.2) is 54.6 Å². The number of piperidine rings is 1. The minimum atomic E-state index is 0.646. The van der Waals surface area contributed by atoms with Gasteiger partial charge in [-0.3, -0.25) is 9.80 Å². The molecule has 0 aliphatic carbocycles. The summed E-state index contributed by atoms with van der Waals surface area (Å²) in [6.45, 7) is 7.62. The van der Waals surface area contributed by atoms with E-state index in [9.17, 15) is 0 Å². The molecule has 0 amide bonds. The predicted molar refractivity (Wildman–Crippen MR) is 113 cm³/mol. The third-order valence-corrected chi connectivity index (χ3v) is 6.35. The minimum Gasteiger partial charge on any atom is -0.296 e. The zero-order chi connectivity index (χ0) is 18.9. The van der Waals surface area contributed by atoms with E-state index >= 15 is 0 Å². The van der Waals surface area contributed by atoms with Gasteiger partial charge in [-0.1, -0.05) is 42.5 Å². The van der Waals surface area contributed by atoms with Crippen LogP contribution in [-0.4, -0.2) is 45.4 Å². The second kappa shape index (κ2) is 7.61. The minimum absolute atomic E-state index is 0.646. The Bertz CT molecular complexity index is 955. The Morgan fingerprint density at radius 3 is 2.39 bits per heavy atom. The Morgan fingerprint density at radius 2 is 1.57 bits per heavy atom. The smallest absolute Gasteiger partial charge is 0.0890 e. The molecule has 3 fully saturated rings. The van der Waals surface area contributed by atoms with Gasteiger partial charge in [0, 0.05) is 38.8 Å². The first-order valence-electron chi connectivity index (χ1n) is 10.5. The lowest BCUT2D eigenvalue weighted by Gasteiger charge is -2.36. The van der Waals surface area contributed by atoms with Crippen LogP contribution in [0.2, 0.25) is 0 Å². The summed E-state index contributed by atoms with van der Waals surface area (Å²) in [6.07, 6.45) is 2.67. The highest BCUT2D eigenvalue weighted by atomic mass is 15.3. The number of nitrogens with zero attached hydrogens (tertiary/aromatic N) is 4. The molecular formula is C24H28N4. The average Bonchev–Trinajstić information content (AvgIpc) is 3.00. The van der Waals surface area contributed by atoms with E-state index in [1.807, 2.05) is 18.2 Å². The number of benzene rings is 2. The van der Waals surface area contributed by atoms with E-state index in [2.05, 4.69) is 53.1 Å². The van der Waals surface area contributed by atoms with Crippen LogP contribution in [-0.2, 0) is 13.1 Å². The average molecular weight is 373 g/mol. The van der Waals surface area contributed by atoms with Crippen molar-refractivity contribution < 1.29 is 0 Å². The molecule has 4 heteroatoms. The van der Waals surface area contributed by atoms with Gasteiger partial charge in [0.15, 0.2) is 0 Å². The van der Waals surface area contributed by atoms with Crippen LogP contribution in [0.1, 0.15) is 29.8 Å². The molecule has 0 spiro atoms. The zero-order valence-corrected chi connectivity index (χ0v) is 16.6. The highest BCUT2D eigenvalue weighted by molar-refractivity contribution is 5.74. The van der Waals surface area contributed by atoms with Crippen LogP contribution in [0.4, 0.5) is 0 Å². The standard InChI is InChI=1S/C24H28N4/c1-18-24(26-23-10-6-5-9-22(23)25-18)17-27-13-20-11-12-21(16-27)28(15-20)14-19-7-3-2-4-8-19/h2-10,20-21H,11-17H2,1H3/t20-,21+/m1/s1. The second-order valence-electron chi connectivity index (χ2n) is 8.45. The summed E-state index contributed by atoms with van der Waals surface area (Å²) in [5, 5.41) is 0. The molecule has 4 nitrogen and oxygen atoms in total. The van der Waals surface area contributed by atoms with Crippen LogP contribution < -0.4 is 0 Å². The lowest BCUT2D eigenvalue weighted by molar-refractivity contribution is 0.123. The summed E-state index contributed by atoms with van der Waals surface area (Å²) in [7, 11) is 0. The van der Waals surface area contributed by atoms with Crippen LogP contribution in [0.5, 0.6) is 0 Å². The summed E-state index contributed by atoms with van der Waals surface area (Å²) >= 11 is 0. The highest BCUT2D eigenvalue weighted by Gasteiger charge is 2.34. The zero-order valence-electron chi connectivity index (χ0n) is 16.6. The van der Waals surface area contributed by atoms with Crippen molar-refractivity contribution >= 4 is 11.0 Å². The van der Waals surface area contributed by atoms with Gasteiger partial charge in [0.2, 0.25) is 0 Å². The Kier molecular flexibility index (Phi) is 4.83. The number of fused-ring (bicyclic) bond motifs is 5. The first kappa shape index (κ1) is 17.8. The quantitative estimate of drug-likeness (QED) is 0.692. The Morgan fingerprint density at radius 1 is 0.821 bits per heavy atom. The SMILES string of the molecule is Cc1nc2ccccc2nc1CN1C[C@H]2CC[C@@H](C1)N(Cc1ccccc1)C2. The first-order chi connectivity index (χ1) is 13.7. The molecule has 3 aliphatic heterocycles. The van der Waals surface area contributed by atoms with Crippen molar-refractivity contribution in [3.63, 3.8) is 0 Å². The lowest BCUT2D eigenvalue weighted by Crippen LogP contribution is -2.43. The molecule has 0 N–H and O–H groups in total. The molecule has 3 saturated heterocycles. The van der Waals surface area contributed by atoms with Crippen molar-refractivity contribution in [2.75, 3.05) is 19.6 Å². The maximum Gasteiger partial charge on any atom is 0.0890 e. The van der Waals surface area contributed by atoms with Crippen LogP contribution in [0.25, 0.3) is 11.0 Å². The van der Waals surface area contributed by atoms with Crippen molar-refractivity contribution in [1.29, 1.82) is 0 Å². The fourth-order valence-corrected chi connectivity index (χ4v) is 4.90. The molecule has 0 unspecified atom stereocenters. The number of rotatable bonds is 4. The van der Waals surface area contributed by atoms with Gasteiger partial charge in [-0.15, -0.1) is 0 Å². The van der Waals surface area contributed by atoms with Gasteiger partial charge in [0.05, 0.1) is 22.4 Å². The first-order valence-corrected chi connectivity index (χ1v) is 10.5. The molecule has 0 radical (unpaired) electrons. The van der Waals surface area contributed by atoms with Gasteiger partial charge < -0.3 is 0 Å². The molecule has 144 valence electrons. The predicted octanol–water partition coefficient (Wildman–Crippen LogP) is 4.03. The van der Waals surface area contributed by atoms with E-state index in [1.54, 1.807) is 0 Å². The number of para-hydroxylation sites is 2. The number of hydrogen-bond acceptors (Lipinski definition) is 4.